The zero-order chi connectivity index (χ0) is 21.0. The van der Waals surface area contributed by atoms with Gasteiger partial charge in [-0.1, -0.05) is 29.8 Å². The molecular formula is C27H35N3O. The third-order valence-electron chi connectivity index (χ3n) is 9.57. The lowest BCUT2D eigenvalue weighted by Gasteiger charge is -2.48. The third kappa shape index (κ3) is 3.21. The first-order valence-electron chi connectivity index (χ1n) is 12.4. The van der Waals surface area contributed by atoms with Gasteiger partial charge in [-0.25, -0.2) is 0 Å². The van der Waals surface area contributed by atoms with Crippen LogP contribution in [0.3, 0.4) is 0 Å². The second-order valence-electron chi connectivity index (χ2n) is 10.9. The van der Waals surface area contributed by atoms with Gasteiger partial charge in [-0.2, -0.15) is 0 Å². The molecule has 4 heteroatoms. The molecule has 1 aliphatic heterocycles. The number of allylic oxidation sites excluding steroid dienone is 4. The molecule has 1 aromatic rings. The molecule has 4 aliphatic carbocycles. The summed E-state index contributed by atoms with van der Waals surface area (Å²) in [4.78, 5) is 7.20. The highest BCUT2D eigenvalue weighted by Crippen LogP contribution is 2.58. The molecule has 5 unspecified atom stereocenters. The predicted molar refractivity (Wildman–Crippen MR) is 123 cm³/mol. The van der Waals surface area contributed by atoms with Crippen molar-refractivity contribution in [2.75, 3.05) is 6.54 Å². The quantitative estimate of drug-likeness (QED) is 0.483. The molecule has 2 heterocycles. The average Bonchev–Trinajstić information content (AvgIpc) is 3.04. The average molecular weight is 418 g/mol. The molecular weight excluding hydrogens is 382 g/mol. The van der Waals surface area contributed by atoms with Gasteiger partial charge in [-0.15, -0.1) is 0 Å². The SMILES string of the molecule is CC12CC=C3C=C4CC/C(=N\O)CC4CCC3C1CCC2N1CCc2ccncc2C1. The van der Waals surface area contributed by atoms with Crippen molar-refractivity contribution in [1.29, 1.82) is 0 Å². The molecule has 6 rings (SSSR count). The van der Waals surface area contributed by atoms with E-state index in [0.29, 0.717) is 17.4 Å². The second kappa shape index (κ2) is 7.58. The molecule has 2 fully saturated rings. The molecule has 1 N–H and O–H groups in total. The van der Waals surface area contributed by atoms with Gasteiger partial charge in [0.2, 0.25) is 0 Å². The Hall–Kier alpha value is -1.94. The Morgan fingerprint density at radius 3 is 2.97 bits per heavy atom. The standard InChI is InChI=1S/C27H35N3O/c1-27-11-8-21-14-19-2-4-23(29-31)15-20(19)3-5-24(21)25(27)6-7-26(27)30-13-10-18-9-12-28-16-22(18)17-30/h8-9,12,14,16,20,24-26,31H,2-7,10-11,13,15,17H2,1H3/b29-23+. The van der Waals surface area contributed by atoms with Crippen molar-refractivity contribution < 1.29 is 5.21 Å². The smallest absolute Gasteiger partial charge is 0.0580 e. The van der Waals surface area contributed by atoms with E-state index in [1.165, 1.54) is 56.2 Å². The number of rotatable bonds is 1. The number of hydrogen-bond acceptors (Lipinski definition) is 4. The van der Waals surface area contributed by atoms with Crippen LogP contribution in [0.4, 0.5) is 0 Å². The molecule has 0 aromatic carbocycles. The van der Waals surface area contributed by atoms with Gasteiger partial charge >= 0.3 is 0 Å². The molecule has 2 saturated carbocycles. The summed E-state index contributed by atoms with van der Waals surface area (Å²) in [7, 11) is 0. The minimum Gasteiger partial charge on any atom is -0.411 e. The van der Waals surface area contributed by atoms with Crippen molar-refractivity contribution >= 4 is 5.71 Å². The van der Waals surface area contributed by atoms with Crippen LogP contribution in [0.25, 0.3) is 0 Å². The maximum absolute atomic E-state index is 9.28. The van der Waals surface area contributed by atoms with E-state index in [1.54, 1.807) is 11.1 Å². The highest BCUT2D eigenvalue weighted by molar-refractivity contribution is 5.85. The van der Waals surface area contributed by atoms with E-state index in [0.717, 1.165) is 43.4 Å². The highest BCUT2D eigenvalue weighted by Gasteiger charge is 2.53. The van der Waals surface area contributed by atoms with Crippen LogP contribution in [-0.2, 0) is 13.0 Å². The van der Waals surface area contributed by atoms with Gasteiger partial charge in [0.25, 0.3) is 0 Å². The molecule has 1 aromatic heterocycles. The first kappa shape index (κ1) is 19.7. The Labute approximate surface area is 186 Å². The van der Waals surface area contributed by atoms with Crippen LogP contribution in [0.15, 0.2) is 46.9 Å². The van der Waals surface area contributed by atoms with E-state index in [1.807, 2.05) is 6.20 Å². The van der Waals surface area contributed by atoms with Gasteiger partial charge in [-0.05, 0) is 104 Å². The minimum atomic E-state index is 0.389. The van der Waals surface area contributed by atoms with Crippen molar-refractivity contribution in [2.45, 2.75) is 77.3 Å². The largest absolute Gasteiger partial charge is 0.411 e. The summed E-state index contributed by atoms with van der Waals surface area (Å²) in [6.45, 7) is 4.87. The van der Waals surface area contributed by atoms with Gasteiger partial charge in [-0.3, -0.25) is 9.88 Å². The van der Waals surface area contributed by atoms with Crippen molar-refractivity contribution in [1.82, 2.24) is 9.88 Å². The predicted octanol–water partition coefficient (Wildman–Crippen LogP) is 5.52. The normalized spacial score (nSPS) is 38.9. The Kier molecular flexibility index (Phi) is 4.82. The number of aromatic nitrogens is 1. The Balaban J connectivity index is 1.25. The lowest BCUT2D eigenvalue weighted by molar-refractivity contribution is 0.0421. The zero-order valence-electron chi connectivity index (χ0n) is 18.8. The zero-order valence-corrected chi connectivity index (χ0v) is 18.8. The molecule has 0 radical (unpaired) electrons. The lowest BCUT2D eigenvalue weighted by atomic mass is 9.62. The van der Waals surface area contributed by atoms with Crippen LogP contribution >= 0.6 is 0 Å². The molecule has 0 bridgehead atoms. The first-order chi connectivity index (χ1) is 15.2. The summed E-state index contributed by atoms with van der Waals surface area (Å²) in [5.74, 6) is 2.12. The fraction of sp³-hybridized carbons (Fsp3) is 0.630. The molecule has 5 aliphatic rings. The molecule has 5 atom stereocenters. The summed E-state index contributed by atoms with van der Waals surface area (Å²) in [5, 5.41) is 12.8. The van der Waals surface area contributed by atoms with Gasteiger partial charge in [0.1, 0.15) is 0 Å². The van der Waals surface area contributed by atoms with E-state index in [4.69, 9.17) is 0 Å². The van der Waals surface area contributed by atoms with Gasteiger partial charge in [0, 0.05) is 31.5 Å². The van der Waals surface area contributed by atoms with Crippen molar-refractivity contribution in [2.24, 2.45) is 28.3 Å². The summed E-state index contributed by atoms with van der Waals surface area (Å²) in [5.41, 5.74) is 7.60. The maximum Gasteiger partial charge on any atom is 0.0580 e. The molecule has 164 valence electrons. The van der Waals surface area contributed by atoms with Gasteiger partial charge in [0.15, 0.2) is 0 Å². The van der Waals surface area contributed by atoms with Crippen LogP contribution in [0.2, 0.25) is 0 Å². The molecule has 31 heavy (non-hydrogen) atoms. The van der Waals surface area contributed by atoms with E-state index in [-0.39, 0.29) is 0 Å². The number of pyridine rings is 1. The van der Waals surface area contributed by atoms with Crippen molar-refractivity contribution in [3.8, 4) is 0 Å². The lowest BCUT2D eigenvalue weighted by Crippen LogP contribution is -2.49. The monoisotopic (exact) mass is 417 g/mol. The highest BCUT2D eigenvalue weighted by atomic mass is 16.4. The fourth-order valence-corrected chi connectivity index (χ4v) is 7.89. The van der Waals surface area contributed by atoms with Gasteiger partial charge in [0.05, 0.1) is 5.71 Å². The van der Waals surface area contributed by atoms with E-state index >= 15 is 0 Å². The Bertz CT molecular complexity index is 963. The van der Waals surface area contributed by atoms with Crippen LogP contribution in [0.1, 0.15) is 69.4 Å². The van der Waals surface area contributed by atoms with Crippen molar-refractivity contribution in [3.05, 3.63) is 52.9 Å². The number of nitrogens with zero attached hydrogens (tertiary/aromatic N) is 3. The Morgan fingerprint density at radius 1 is 1.13 bits per heavy atom. The summed E-state index contributed by atoms with van der Waals surface area (Å²) in [6, 6.07) is 2.90. The van der Waals surface area contributed by atoms with Crippen LogP contribution in [0, 0.1) is 23.2 Å². The number of hydrogen-bond donors (Lipinski definition) is 1. The molecule has 0 saturated heterocycles. The van der Waals surface area contributed by atoms with E-state index in [2.05, 4.69) is 46.4 Å². The third-order valence-corrected chi connectivity index (χ3v) is 9.57. The first-order valence-corrected chi connectivity index (χ1v) is 12.4. The summed E-state index contributed by atoms with van der Waals surface area (Å²) < 4.78 is 0. The molecule has 0 spiro atoms. The molecule has 0 amide bonds. The maximum atomic E-state index is 9.28. The molecule has 4 nitrogen and oxygen atoms in total. The topological polar surface area (TPSA) is 48.7 Å². The fourth-order valence-electron chi connectivity index (χ4n) is 7.89. The number of fused-ring (bicyclic) bond motifs is 5. The van der Waals surface area contributed by atoms with Crippen LogP contribution in [-0.4, -0.2) is 33.4 Å². The van der Waals surface area contributed by atoms with Crippen LogP contribution in [0.5, 0.6) is 0 Å². The Morgan fingerprint density at radius 2 is 2.06 bits per heavy atom. The number of oxime groups is 1. The van der Waals surface area contributed by atoms with Crippen LogP contribution < -0.4 is 0 Å². The van der Waals surface area contributed by atoms with Crippen molar-refractivity contribution in [3.63, 3.8) is 0 Å². The summed E-state index contributed by atoms with van der Waals surface area (Å²) in [6.07, 6.45) is 19.9. The second-order valence-corrected chi connectivity index (χ2v) is 10.9. The van der Waals surface area contributed by atoms with Gasteiger partial charge < -0.3 is 5.21 Å². The summed E-state index contributed by atoms with van der Waals surface area (Å²) >= 11 is 0. The van der Waals surface area contributed by atoms with E-state index in [9.17, 15) is 5.21 Å². The minimum absolute atomic E-state index is 0.389. The van der Waals surface area contributed by atoms with E-state index < -0.39 is 0 Å².